The lowest BCUT2D eigenvalue weighted by molar-refractivity contribution is -0.133. The fourth-order valence-electron chi connectivity index (χ4n) is 2.12. The van der Waals surface area contributed by atoms with Crippen LogP contribution in [0.15, 0.2) is 46.6 Å². The van der Waals surface area contributed by atoms with Crippen LogP contribution in [0.5, 0.6) is 0 Å². The highest BCUT2D eigenvalue weighted by atomic mass is 32.2. The van der Waals surface area contributed by atoms with Gasteiger partial charge in [-0.2, -0.15) is 0 Å². The molecule has 0 fully saturated rings. The molecule has 5 heteroatoms. The fraction of sp³-hybridized carbons (Fsp3) is 0.375. The Balaban J connectivity index is 2.33. The summed E-state index contributed by atoms with van der Waals surface area (Å²) < 4.78 is 0. The summed E-state index contributed by atoms with van der Waals surface area (Å²) in [5, 5.41) is 13.4. The smallest absolute Gasteiger partial charge is 0.335 e. The van der Waals surface area contributed by atoms with E-state index in [1.54, 1.807) is 18.7 Å². The molecule has 0 aliphatic carbocycles. The van der Waals surface area contributed by atoms with Crippen LogP contribution in [-0.2, 0) is 4.79 Å². The molecule has 0 radical (unpaired) electrons. The minimum atomic E-state index is -0.925. The lowest BCUT2D eigenvalue weighted by Gasteiger charge is -2.25. The first-order valence-corrected chi connectivity index (χ1v) is 7.94. The van der Waals surface area contributed by atoms with E-state index in [0.717, 1.165) is 16.5 Å². The second-order valence-corrected chi connectivity index (χ2v) is 6.43. The van der Waals surface area contributed by atoms with Crippen LogP contribution in [0.4, 0.5) is 0 Å². The van der Waals surface area contributed by atoms with Gasteiger partial charge in [0.25, 0.3) is 0 Å². The molecule has 21 heavy (non-hydrogen) atoms. The monoisotopic (exact) mass is 304 g/mol. The van der Waals surface area contributed by atoms with Gasteiger partial charge in [-0.05, 0) is 18.4 Å². The summed E-state index contributed by atoms with van der Waals surface area (Å²) in [5.74, 6) is 0.577. The Labute approximate surface area is 129 Å². The highest BCUT2D eigenvalue weighted by Crippen LogP contribution is 2.32. The van der Waals surface area contributed by atoms with Crippen LogP contribution in [0.25, 0.3) is 0 Å². The fourth-order valence-corrected chi connectivity index (χ4v) is 3.02. The minimum Gasteiger partial charge on any atom is -0.478 e. The van der Waals surface area contributed by atoms with E-state index >= 15 is 0 Å². The molecule has 4 nitrogen and oxygen atoms in total. The minimum absolute atomic E-state index is 0.315. The molecule has 0 spiro atoms. The summed E-state index contributed by atoms with van der Waals surface area (Å²) in [6.07, 6.45) is 0. The Morgan fingerprint density at radius 1 is 1.38 bits per heavy atom. The SMILES string of the molecule is CC1=C(C(=O)O)C(c2ccccc2)N=C(SCC(C)C)N1. The maximum Gasteiger partial charge on any atom is 0.335 e. The maximum atomic E-state index is 11.5. The van der Waals surface area contributed by atoms with Gasteiger partial charge in [0, 0.05) is 11.4 Å². The van der Waals surface area contributed by atoms with E-state index < -0.39 is 12.0 Å². The number of hydrogen-bond acceptors (Lipinski definition) is 4. The molecule has 2 N–H and O–H groups in total. The number of carbonyl (C=O) groups is 1. The number of nitrogens with zero attached hydrogens (tertiary/aromatic N) is 1. The molecule has 1 atom stereocenters. The van der Waals surface area contributed by atoms with Crippen LogP contribution in [0.2, 0.25) is 0 Å². The second kappa shape index (κ2) is 6.80. The van der Waals surface area contributed by atoms with Gasteiger partial charge in [-0.25, -0.2) is 9.79 Å². The Kier molecular flexibility index (Phi) is 5.07. The number of benzene rings is 1. The first-order valence-electron chi connectivity index (χ1n) is 6.95. The number of carboxylic acid groups (broad SMARTS) is 1. The van der Waals surface area contributed by atoms with Gasteiger partial charge in [0.15, 0.2) is 5.17 Å². The van der Waals surface area contributed by atoms with Crippen molar-refractivity contribution in [3.63, 3.8) is 0 Å². The predicted octanol–water partition coefficient (Wildman–Crippen LogP) is 3.43. The van der Waals surface area contributed by atoms with Crippen molar-refractivity contribution in [2.45, 2.75) is 26.8 Å². The third-order valence-electron chi connectivity index (χ3n) is 3.12. The third-order valence-corrected chi connectivity index (χ3v) is 4.43. The standard InChI is InChI=1S/C16H20N2O2S/c1-10(2)9-21-16-17-11(3)13(15(19)20)14(18-16)12-7-5-4-6-8-12/h4-8,10,14H,9H2,1-3H3,(H,17,18)(H,19,20). The molecule has 1 aromatic carbocycles. The molecular formula is C16H20N2O2S. The number of aliphatic imine (C=N–C) groups is 1. The van der Waals surface area contributed by atoms with Crippen LogP contribution in [-0.4, -0.2) is 22.0 Å². The van der Waals surface area contributed by atoms with E-state index in [4.69, 9.17) is 0 Å². The topological polar surface area (TPSA) is 61.7 Å². The predicted molar refractivity (Wildman–Crippen MR) is 87.4 cm³/mol. The zero-order valence-electron chi connectivity index (χ0n) is 12.5. The molecule has 0 saturated carbocycles. The first kappa shape index (κ1) is 15.6. The molecular weight excluding hydrogens is 284 g/mol. The zero-order valence-corrected chi connectivity index (χ0v) is 13.3. The van der Waals surface area contributed by atoms with Crippen molar-refractivity contribution in [2.75, 3.05) is 5.75 Å². The second-order valence-electron chi connectivity index (χ2n) is 5.42. The van der Waals surface area contributed by atoms with Crippen molar-refractivity contribution < 1.29 is 9.90 Å². The molecule has 1 unspecified atom stereocenters. The summed E-state index contributed by atoms with van der Waals surface area (Å²) >= 11 is 1.63. The molecule has 0 saturated heterocycles. The third kappa shape index (κ3) is 3.88. The number of thioether (sulfide) groups is 1. The van der Waals surface area contributed by atoms with Crippen LogP contribution in [0, 0.1) is 5.92 Å². The zero-order chi connectivity index (χ0) is 15.4. The average molecular weight is 304 g/mol. The molecule has 0 amide bonds. The lowest BCUT2D eigenvalue weighted by atomic mass is 9.97. The summed E-state index contributed by atoms with van der Waals surface area (Å²) in [4.78, 5) is 16.2. The number of allylic oxidation sites excluding steroid dienone is 1. The van der Waals surface area contributed by atoms with E-state index in [-0.39, 0.29) is 0 Å². The van der Waals surface area contributed by atoms with E-state index in [2.05, 4.69) is 24.2 Å². The average Bonchev–Trinajstić information content (AvgIpc) is 2.45. The number of nitrogens with one attached hydrogen (secondary N) is 1. The molecule has 0 aromatic heterocycles. The summed E-state index contributed by atoms with van der Waals surface area (Å²) in [7, 11) is 0. The quantitative estimate of drug-likeness (QED) is 0.894. The number of rotatable bonds is 4. The van der Waals surface area contributed by atoms with Gasteiger partial charge < -0.3 is 10.4 Å². The van der Waals surface area contributed by atoms with Crippen molar-refractivity contribution in [3.05, 3.63) is 47.2 Å². The van der Waals surface area contributed by atoms with Crippen molar-refractivity contribution in [2.24, 2.45) is 10.9 Å². The Bertz CT molecular complexity index is 579. The van der Waals surface area contributed by atoms with Crippen molar-refractivity contribution >= 4 is 22.9 Å². The maximum absolute atomic E-state index is 11.5. The molecule has 1 aromatic rings. The van der Waals surface area contributed by atoms with Gasteiger partial charge in [-0.1, -0.05) is 55.9 Å². The normalized spacial score (nSPS) is 18.5. The van der Waals surface area contributed by atoms with E-state index in [1.165, 1.54) is 0 Å². The number of aliphatic carboxylic acids is 1. The van der Waals surface area contributed by atoms with Gasteiger partial charge in [-0.3, -0.25) is 0 Å². The number of carboxylic acids is 1. The summed E-state index contributed by atoms with van der Waals surface area (Å²) in [6, 6.07) is 9.12. The largest absolute Gasteiger partial charge is 0.478 e. The van der Waals surface area contributed by atoms with Gasteiger partial charge >= 0.3 is 5.97 Å². The van der Waals surface area contributed by atoms with E-state index in [0.29, 0.717) is 17.2 Å². The molecule has 2 rings (SSSR count). The summed E-state index contributed by atoms with van der Waals surface area (Å²) in [6.45, 7) is 6.09. The Morgan fingerprint density at radius 2 is 2.05 bits per heavy atom. The van der Waals surface area contributed by atoms with Crippen LogP contribution in [0.3, 0.4) is 0 Å². The highest BCUT2D eigenvalue weighted by molar-refractivity contribution is 8.13. The molecule has 112 valence electrons. The Morgan fingerprint density at radius 3 is 2.62 bits per heavy atom. The highest BCUT2D eigenvalue weighted by Gasteiger charge is 2.28. The lowest BCUT2D eigenvalue weighted by Crippen LogP contribution is -2.30. The van der Waals surface area contributed by atoms with Gasteiger partial charge in [0.05, 0.1) is 5.57 Å². The van der Waals surface area contributed by atoms with Crippen molar-refractivity contribution in [1.29, 1.82) is 0 Å². The van der Waals surface area contributed by atoms with E-state index in [1.807, 2.05) is 30.3 Å². The van der Waals surface area contributed by atoms with Crippen LogP contribution in [0.1, 0.15) is 32.4 Å². The van der Waals surface area contributed by atoms with Gasteiger partial charge in [0.2, 0.25) is 0 Å². The number of amidine groups is 1. The Hall–Kier alpha value is -1.75. The molecule has 1 heterocycles. The molecule has 1 aliphatic heterocycles. The first-order chi connectivity index (χ1) is 9.99. The van der Waals surface area contributed by atoms with Crippen LogP contribution >= 0.6 is 11.8 Å². The van der Waals surface area contributed by atoms with E-state index in [9.17, 15) is 9.90 Å². The van der Waals surface area contributed by atoms with Crippen LogP contribution < -0.4 is 5.32 Å². The van der Waals surface area contributed by atoms with Crippen molar-refractivity contribution in [3.8, 4) is 0 Å². The van der Waals surface area contributed by atoms with Gasteiger partial charge in [-0.15, -0.1) is 0 Å². The van der Waals surface area contributed by atoms with Crippen molar-refractivity contribution in [1.82, 2.24) is 5.32 Å². The number of hydrogen-bond donors (Lipinski definition) is 2. The molecule has 1 aliphatic rings. The summed E-state index contributed by atoms with van der Waals surface area (Å²) in [5.41, 5.74) is 1.88. The van der Waals surface area contributed by atoms with Gasteiger partial charge in [0.1, 0.15) is 6.04 Å². The molecule has 0 bridgehead atoms.